The number of amidine groups is 1. The molecule has 3 aliphatic heterocycles. The summed E-state index contributed by atoms with van der Waals surface area (Å²) in [5, 5.41) is 14.1. The van der Waals surface area contributed by atoms with Crippen LogP contribution in [-0.2, 0) is 0 Å². The Kier molecular flexibility index (Phi) is 9.60. The Balaban J connectivity index is 1.57. The number of likely N-dealkylation sites (tertiary alicyclic amines) is 1. The predicted octanol–water partition coefficient (Wildman–Crippen LogP) is 3.01. The number of rotatable bonds is 10. The third-order valence-electron chi connectivity index (χ3n) is 6.06. The highest BCUT2D eigenvalue weighted by atomic mass is 19.1. The second-order valence-corrected chi connectivity index (χ2v) is 9.07. The fourth-order valence-corrected chi connectivity index (χ4v) is 3.93. The Morgan fingerprint density at radius 3 is 2.74 bits per heavy atom. The van der Waals surface area contributed by atoms with Crippen LogP contribution in [0.3, 0.4) is 0 Å². The highest BCUT2D eigenvalue weighted by Gasteiger charge is 2.18. The van der Waals surface area contributed by atoms with Gasteiger partial charge in [0.05, 0.1) is 11.4 Å². The first-order chi connectivity index (χ1) is 16.9. The van der Waals surface area contributed by atoms with E-state index in [1.54, 1.807) is 18.5 Å². The molecule has 0 saturated carbocycles. The first kappa shape index (κ1) is 26.2. The molecule has 0 bridgehead atoms. The Labute approximate surface area is 207 Å². The minimum atomic E-state index is -0.639. The van der Waals surface area contributed by atoms with Crippen molar-refractivity contribution in [3.8, 4) is 0 Å². The Bertz CT molecular complexity index is 1020. The lowest BCUT2D eigenvalue weighted by Gasteiger charge is -2.28. The van der Waals surface area contributed by atoms with Gasteiger partial charge in [-0.3, -0.25) is 4.99 Å². The lowest BCUT2D eigenvalue weighted by molar-refractivity contribution is 0.150. The normalized spacial score (nSPS) is 20.5. The standard InChI is InChI=1S/C26H37FN8/c1-18(2)19(14-28)13-25(30)34-26-5-4-23-24(33-26)12-20(17-32-23)21(15-29)16-31-8-3-9-35-10-6-22(27)7-11-35/h4-5,12-18,22,28,32-33H,3,6-11,29H2,1-2H3,(H2,30,34). The topological polar surface area (TPSA) is 128 Å². The van der Waals surface area contributed by atoms with Crippen molar-refractivity contribution in [2.75, 3.05) is 26.2 Å². The van der Waals surface area contributed by atoms with Crippen LogP contribution in [0.25, 0.3) is 0 Å². The van der Waals surface area contributed by atoms with E-state index in [-0.39, 0.29) is 5.92 Å². The number of allylic oxidation sites excluding steroid dienone is 6. The van der Waals surface area contributed by atoms with Crippen LogP contribution >= 0.6 is 0 Å². The highest BCUT2D eigenvalue weighted by molar-refractivity contribution is 5.97. The summed E-state index contributed by atoms with van der Waals surface area (Å²) >= 11 is 0. The number of fused-ring (bicyclic) bond motifs is 1. The van der Waals surface area contributed by atoms with Gasteiger partial charge in [0.2, 0.25) is 0 Å². The summed E-state index contributed by atoms with van der Waals surface area (Å²) in [6, 6.07) is 0. The lowest BCUT2D eigenvalue weighted by atomic mass is 10.0. The second-order valence-electron chi connectivity index (χ2n) is 9.07. The summed E-state index contributed by atoms with van der Waals surface area (Å²) in [4.78, 5) is 11.3. The van der Waals surface area contributed by atoms with Gasteiger partial charge in [-0.05, 0) is 61.6 Å². The molecule has 0 aromatic carbocycles. The molecule has 8 nitrogen and oxygen atoms in total. The molecule has 3 heterocycles. The van der Waals surface area contributed by atoms with Crippen molar-refractivity contribution in [3.05, 3.63) is 70.6 Å². The maximum Gasteiger partial charge on any atom is 0.132 e. The van der Waals surface area contributed by atoms with E-state index in [9.17, 15) is 4.39 Å². The maximum atomic E-state index is 13.3. The molecule has 35 heavy (non-hydrogen) atoms. The molecule has 3 aliphatic rings. The molecule has 0 aromatic rings. The average Bonchev–Trinajstić information content (AvgIpc) is 2.85. The van der Waals surface area contributed by atoms with Crippen LogP contribution in [0.4, 0.5) is 4.39 Å². The van der Waals surface area contributed by atoms with Crippen molar-refractivity contribution in [1.82, 2.24) is 15.5 Å². The molecule has 0 aliphatic carbocycles. The van der Waals surface area contributed by atoms with Gasteiger partial charge >= 0.3 is 0 Å². The van der Waals surface area contributed by atoms with Crippen molar-refractivity contribution in [2.45, 2.75) is 39.3 Å². The summed E-state index contributed by atoms with van der Waals surface area (Å²) in [6.07, 6.45) is 15.6. The monoisotopic (exact) mass is 480 g/mol. The molecule has 9 heteroatoms. The average molecular weight is 481 g/mol. The molecule has 0 spiro atoms. The minimum absolute atomic E-state index is 0.191. The molecule has 0 atom stereocenters. The Morgan fingerprint density at radius 1 is 1.29 bits per heavy atom. The number of piperidine rings is 1. The zero-order chi connectivity index (χ0) is 25.2. The largest absolute Gasteiger partial charge is 0.404 e. The summed E-state index contributed by atoms with van der Waals surface area (Å²) in [5.41, 5.74) is 16.2. The van der Waals surface area contributed by atoms with Gasteiger partial charge in [0.1, 0.15) is 17.8 Å². The van der Waals surface area contributed by atoms with Crippen molar-refractivity contribution in [1.29, 1.82) is 5.41 Å². The number of dihydropyridines is 2. The number of hydrogen-bond acceptors (Lipinski definition) is 7. The van der Waals surface area contributed by atoms with Crippen LogP contribution in [0, 0.1) is 11.3 Å². The quantitative estimate of drug-likeness (QED) is 0.187. The van der Waals surface area contributed by atoms with Crippen molar-refractivity contribution in [3.63, 3.8) is 0 Å². The van der Waals surface area contributed by atoms with Gasteiger partial charge in [0.15, 0.2) is 0 Å². The third-order valence-corrected chi connectivity index (χ3v) is 6.06. The van der Waals surface area contributed by atoms with Crippen molar-refractivity contribution < 1.29 is 4.39 Å². The number of aliphatic imine (C=N–C) groups is 2. The van der Waals surface area contributed by atoms with Crippen LogP contribution in [0.1, 0.15) is 33.1 Å². The van der Waals surface area contributed by atoms with Gasteiger partial charge in [0, 0.05) is 55.6 Å². The van der Waals surface area contributed by atoms with E-state index in [1.807, 2.05) is 38.3 Å². The summed E-state index contributed by atoms with van der Waals surface area (Å²) in [6.45, 7) is 7.30. The number of nitrogens with one attached hydrogen (secondary N) is 3. The fraction of sp³-hybridized carbons (Fsp3) is 0.423. The van der Waals surface area contributed by atoms with Gasteiger partial charge in [0.25, 0.3) is 0 Å². The lowest BCUT2D eigenvalue weighted by Crippen LogP contribution is -2.35. The van der Waals surface area contributed by atoms with E-state index < -0.39 is 6.17 Å². The summed E-state index contributed by atoms with van der Waals surface area (Å²) in [7, 11) is 0. The number of halogens is 1. The predicted molar refractivity (Wildman–Crippen MR) is 143 cm³/mol. The van der Waals surface area contributed by atoms with E-state index >= 15 is 0 Å². The first-order valence-electron chi connectivity index (χ1n) is 12.1. The van der Waals surface area contributed by atoms with E-state index in [4.69, 9.17) is 16.9 Å². The third kappa shape index (κ3) is 7.78. The number of nitrogens with zero attached hydrogens (tertiary/aromatic N) is 3. The van der Waals surface area contributed by atoms with Gasteiger partial charge in [-0.15, -0.1) is 0 Å². The molecule has 7 N–H and O–H groups in total. The Hall–Kier alpha value is -3.46. The smallest absolute Gasteiger partial charge is 0.132 e. The highest BCUT2D eigenvalue weighted by Crippen LogP contribution is 2.22. The van der Waals surface area contributed by atoms with E-state index in [0.717, 1.165) is 54.2 Å². The number of nitrogens with two attached hydrogens (primary N) is 2. The SMILES string of the molecule is CC(C)C(C=N)=CC(N)=NC1=CC=C2NC=C(C(C=NCCCN3CCC(F)CC3)=CN)C=C2N1. The second kappa shape index (κ2) is 12.9. The van der Waals surface area contributed by atoms with Crippen LogP contribution in [0.5, 0.6) is 0 Å². The van der Waals surface area contributed by atoms with Crippen LogP contribution in [-0.4, -0.2) is 55.5 Å². The van der Waals surface area contributed by atoms with Crippen molar-refractivity contribution in [2.24, 2.45) is 27.4 Å². The fourth-order valence-electron chi connectivity index (χ4n) is 3.93. The molecule has 188 valence electrons. The molecule has 0 aromatic heterocycles. The first-order valence-corrected chi connectivity index (χ1v) is 12.1. The molecular weight excluding hydrogens is 443 g/mol. The van der Waals surface area contributed by atoms with Crippen LogP contribution in [0.15, 0.2) is 80.6 Å². The summed E-state index contributed by atoms with van der Waals surface area (Å²) < 4.78 is 13.3. The number of alkyl halides is 1. The van der Waals surface area contributed by atoms with E-state index in [2.05, 4.69) is 25.5 Å². The summed E-state index contributed by atoms with van der Waals surface area (Å²) in [5.74, 6) is 1.13. The van der Waals surface area contributed by atoms with Crippen LogP contribution in [0.2, 0.25) is 0 Å². The molecule has 1 saturated heterocycles. The van der Waals surface area contributed by atoms with Gasteiger partial charge in [-0.2, -0.15) is 0 Å². The van der Waals surface area contributed by atoms with Gasteiger partial charge in [-0.1, -0.05) is 13.8 Å². The molecule has 0 radical (unpaired) electrons. The van der Waals surface area contributed by atoms with Gasteiger partial charge in [-0.25, -0.2) is 9.38 Å². The Morgan fingerprint density at radius 2 is 2.06 bits per heavy atom. The zero-order valence-electron chi connectivity index (χ0n) is 20.6. The molecular formula is C26H37FN8. The van der Waals surface area contributed by atoms with Crippen molar-refractivity contribution >= 4 is 18.3 Å². The van der Waals surface area contributed by atoms with Gasteiger partial charge < -0.3 is 32.4 Å². The molecule has 3 rings (SSSR count). The zero-order valence-corrected chi connectivity index (χ0v) is 20.6. The molecule has 0 amide bonds. The molecule has 1 fully saturated rings. The van der Waals surface area contributed by atoms with E-state index in [1.165, 1.54) is 6.21 Å². The van der Waals surface area contributed by atoms with E-state index in [0.29, 0.717) is 31.0 Å². The number of hydrogen-bond donors (Lipinski definition) is 5. The molecule has 0 unspecified atom stereocenters. The van der Waals surface area contributed by atoms with Crippen LogP contribution < -0.4 is 22.1 Å². The maximum absolute atomic E-state index is 13.3. The minimum Gasteiger partial charge on any atom is -0.404 e.